The van der Waals surface area contributed by atoms with Gasteiger partial charge in [0.25, 0.3) is 0 Å². The van der Waals surface area contributed by atoms with Crippen LogP contribution in [0.2, 0.25) is 5.02 Å². The minimum absolute atomic E-state index is 0.0563. The van der Waals surface area contributed by atoms with Gasteiger partial charge in [0.05, 0.1) is 35.6 Å². The van der Waals surface area contributed by atoms with E-state index in [9.17, 15) is 14.0 Å². The van der Waals surface area contributed by atoms with Crippen LogP contribution in [0.25, 0.3) is 11.3 Å². The van der Waals surface area contributed by atoms with Gasteiger partial charge < -0.3 is 15.0 Å². The lowest BCUT2D eigenvalue weighted by Gasteiger charge is -2.34. The topological polar surface area (TPSA) is 87.7 Å². The predicted octanol–water partition coefficient (Wildman–Crippen LogP) is 4.28. The van der Waals surface area contributed by atoms with Gasteiger partial charge in [0.2, 0.25) is 5.91 Å². The van der Waals surface area contributed by atoms with E-state index in [0.29, 0.717) is 24.8 Å². The summed E-state index contributed by atoms with van der Waals surface area (Å²) < 4.78 is 19.3. The Bertz CT molecular complexity index is 1260. The molecule has 3 aromatic rings. The largest absolute Gasteiger partial charge is 0.464 e. The summed E-state index contributed by atoms with van der Waals surface area (Å²) in [5.74, 6) is -1.16. The molecule has 2 fully saturated rings. The van der Waals surface area contributed by atoms with Gasteiger partial charge in [-0.25, -0.2) is 9.18 Å². The highest BCUT2D eigenvalue weighted by Crippen LogP contribution is 2.33. The molecule has 2 heterocycles. The van der Waals surface area contributed by atoms with Gasteiger partial charge in [-0.3, -0.25) is 9.69 Å². The van der Waals surface area contributed by atoms with Gasteiger partial charge in [0, 0.05) is 30.5 Å². The number of benzene rings is 2. The van der Waals surface area contributed by atoms with E-state index in [2.05, 4.69) is 20.4 Å². The molecule has 180 valence electrons. The third-order valence-electron chi connectivity index (χ3n) is 6.16. The van der Waals surface area contributed by atoms with Crippen molar-refractivity contribution in [1.29, 1.82) is 0 Å². The van der Waals surface area contributed by atoms with Crippen LogP contribution in [-0.4, -0.2) is 59.8 Å². The average molecular weight is 496 g/mol. The Hall–Kier alpha value is -3.56. The van der Waals surface area contributed by atoms with E-state index in [-0.39, 0.29) is 33.6 Å². The van der Waals surface area contributed by atoms with Crippen molar-refractivity contribution in [2.45, 2.75) is 18.9 Å². The molecule has 0 bridgehead atoms. The summed E-state index contributed by atoms with van der Waals surface area (Å²) in [5, 5.41) is 11.2. The van der Waals surface area contributed by atoms with E-state index in [1.54, 1.807) is 23.1 Å². The van der Waals surface area contributed by atoms with Gasteiger partial charge >= 0.3 is 5.97 Å². The molecule has 2 aromatic carbocycles. The molecule has 5 rings (SSSR count). The SMILES string of the molecule is COC(=O)c1nnc(-c2c(F)cccc2Cl)cc1Nc1ccc(N2CCN(C3CC3)CC2=O)cc1. The van der Waals surface area contributed by atoms with Crippen LogP contribution in [-0.2, 0) is 9.53 Å². The molecule has 1 aliphatic heterocycles. The maximum atomic E-state index is 14.4. The molecular formula is C25H23ClFN5O3. The summed E-state index contributed by atoms with van der Waals surface area (Å²) in [6.45, 7) is 1.95. The number of nitrogens with zero attached hydrogens (tertiary/aromatic N) is 4. The first kappa shape index (κ1) is 23.2. The average Bonchev–Trinajstić information content (AvgIpc) is 3.70. The molecule has 2 aliphatic rings. The number of nitrogens with one attached hydrogen (secondary N) is 1. The van der Waals surface area contributed by atoms with Crippen molar-refractivity contribution in [3.05, 3.63) is 65.1 Å². The second kappa shape index (κ2) is 9.59. The van der Waals surface area contributed by atoms with Crippen LogP contribution in [0.5, 0.6) is 0 Å². The van der Waals surface area contributed by atoms with Crippen LogP contribution in [0, 0.1) is 5.82 Å². The van der Waals surface area contributed by atoms with Crippen molar-refractivity contribution in [3.8, 4) is 11.3 Å². The second-order valence-corrected chi connectivity index (χ2v) is 8.91. The highest BCUT2D eigenvalue weighted by Gasteiger charge is 2.34. The molecule has 0 radical (unpaired) electrons. The number of rotatable bonds is 6. The van der Waals surface area contributed by atoms with Crippen molar-refractivity contribution in [3.63, 3.8) is 0 Å². The normalized spacial score (nSPS) is 16.3. The number of hydrogen-bond acceptors (Lipinski definition) is 7. The van der Waals surface area contributed by atoms with Crippen LogP contribution in [0.1, 0.15) is 23.3 Å². The van der Waals surface area contributed by atoms with Gasteiger partial charge in [0.15, 0.2) is 5.69 Å². The number of piperazine rings is 1. The van der Waals surface area contributed by atoms with Gasteiger partial charge in [0.1, 0.15) is 5.82 Å². The summed E-state index contributed by atoms with van der Waals surface area (Å²) in [6, 6.07) is 13.7. The molecule has 1 N–H and O–H groups in total. The van der Waals surface area contributed by atoms with Gasteiger partial charge in [-0.2, -0.15) is 0 Å². The molecule has 35 heavy (non-hydrogen) atoms. The van der Waals surface area contributed by atoms with Crippen LogP contribution in [0.4, 0.5) is 21.5 Å². The first-order chi connectivity index (χ1) is 16.9. The molecule has 1 saturated carbocycles. The first-order valence-corrected chi connectivity index (χ1v) is 11.6. The van der Waals surface area contributed by atoms with Crippen molar-refractivity contribution in [1.82, 2.24) is 15.1 Å². The van der Waals surface area contributed by atoms with E-state index >= 15 is 0 Å². The Balaban J connectivity index is 1.39. The van der Waals surface area contributed by atoms with E-state index in [0.717, 1.165) is 12.2 Å². The summed E-state index contributed by atoms with van der Waals surface area (Å²) in [7, 11) is 1.24. The van der Waals surface area contributed by atoms with E-state index < -0.39 is 11.8 Å². The number of ether oxygens (including phenoxy) is 1. The molecule has 8 nitrogen and oxygen atoms in total. The Labute approximate surface area is 206 Å². The number of carbonyl (C=O) groups is 2. The van der Waals surface area contributed by atoms with Crippen LogP contribution in [0.3, 0.4) is 0 Å². The van der Waals surface area contributed by atoms with Gasteiger partial charge in [-0.1, -0.05) is 17.7 Å². The standard InChI is InChI=1S/C25H23ClFN5O3/c1-35-25(34)24-21(13-20(29-30-24)23-18(26)3-2-4-19(23)27)28-15-5-7-17(8-6-15)32-12-11-31(14-22(32)33)16-9-10-16/h2-8,13,16H,9-12,14H2,1H3,(H,28,29). The van der Waals surface area contributed by atoms with E-state index in [4.69, 9.17) is 16.3 Å². The first-order valence-electron chi connectivity index (χ1n) is 11.3. The molecule has 1 aromatic heterocycles. The summed E-state index contributed by atoms with van der Waals surface area (Å²) in [6.07, 6.45) is 2.35. The lowest BCUT2D eigenvalue weighted by Crippen LogP contribution is -2.51. The second-order valence-electron chi connectivity index (χ2n) is 8.50. The Morgan fingerprint density at radius 1 is 1.14 bits per heavy atom. The van der Waals surface area contributed by atoms with Crippen molar-refractivity contribution in [2.75, 3.05) is 37.0 Å². The number of carbonyl (C=O) groups excluding carboxylic acids is 2. The maximum Gasteiger partial charge on any atom is 0.360 e. The number of hydrogen-bond donors (Lipinski definition) is 1. The van der Waals surface area contributed by atoms with Crippen LogP contribution in [0.15, 0.2) is 48.5 Å². The zero-order chi connectivity index (χ0) is 24.5. The Morgan fingerprint density at radius 3 is 2.57 bits per heavy atom. The molecule has 0 unspecified atom stereocenters. The zero-order valence-electron chi connectivity index (χ0n) is 19.0. The molecular weight excluding hydrogens is 473 g/mol. The molecule has 0 atom stereocenters. The fraction of sp³-hybridized carbons (Fsp3) is 0.280. The number of halogens is 2. The van der Waals surface area contributed by atoms with E-state index in [1.807, 2.05) is 12.1 Å². The van der Waals surface area contributed by atoms with Gasteiger partial charge in [-0.05, 0) is 55.3 Å². The third-order valence-corrected chi connectivity index (χ3v) is 6.48. The van der Waals surface area contributed by atoms with E-state index in [1.165, 1.54) is 38.2 Å². The maximum absolute atomic E-state index is 14.4. The number of aromatic nitrogens is 2. The predicted molar refractivity (Wildman–Crippen MR) is 130 cm³/mol. The van der Waals surface area contributed by atoms with Crippen molar-refractivity contribution in [2.24, 2.45) is 0 Å². The highest BCUT2D eigenvalue weighted by molar-refractivity contribution is 6.33. The minimum atomic E-state index is -0.693. The summed E-state index contributed by atoms with van der Waals surface area (Å²) in [4.78, 5) is 29.0. The van der Waals surface area contributed by atoms with Crippen LogP contribution >= 0.6 is 11.6 Å². The number of anilines is 3. The number of amides is 1. The monoisotopic (exact) mass is 495 g/mol. The van der Waals surface area contributed by atoms with Crippen LogP contribution < -0.4 is 10.2 Å². The molecule has 1 saturated heterocycles. The van der Waals surface area contributed by atoms with Crippen molar-refractivity contribution < 1.29 is 18.7 Å². The molecule has 1 amide bonds. The fourth-order valence-electron chi connectivity index (χ4n) is 4.20. The quantitative estimate of drug-likeness (QED) is 0.511. The summed E-state index contributed by atoms with van der Waals surface area (Å²) in [5.41, 5.74) is 1.92. The smallest absolute Gasteiger partial charge is 0.360 e. The Morgan fingerprint density at radius 2 is 1.91 bits per heavy atom. The zero-order valence-corrected chi connectivity index (χ0v) is 19.8. The minimum Gasteiger partial charge on any atom is -0.464 e. The lowest BCUT2D eigenvalue weighted by molar-refractivity contribution is -0.121. The summed E-state index contributed by atoms with van der Waals surface area (Å²) >= 11 is 6.18. The van der Waals surface area contributed by atoms with Gasteiger partial charge in [-0.15, -0.1) is 10.2 Å². The lowest BCUT2D eigenvalue weighted by atomic mass is 10.1. The van der Waals surface area contributed by atoms with Crippen molar-refractivity contribution >= 4 is 40.5 Å². The molecule has 0 spiro atoms. The fourth-order valence-corrected chi connectivity index (χ4v) is 4.45. The number of methoxy groups -OCH3 is 1. The molecule has 10 heteroatoms. The third kappa shape index (κ3) is 4.82. The highest BCUT2D eigenvalue weighted by atomic mass is 35.5. The Kier molecular flexibility index (Phi) is 6.36. The molecule has 1 aliphatic carbocycles. The number of esters is 1.